The topological polar surface area (TPSA) is 41.4 Å². The summed E-state index contributed by atoms with van der Waals surface area (Å²) in [6.07, 6.45) is -4.11. The average molecular weight is 507 g/mol. The SMILES string of the molecule is CN1CCN(Cc2ccc3c(c2)nc(CCC(=O)c2cccc(C(F)(F)F)c2)n3-c2ccccc2)CC1. The number of hydrogen-bond acceptors (Lipinski definition) is 4. The molecule has 0 N–H and O–H groups in total. The second kappa shape index (κ2) is 10.5. The molecule has 0 unspecified atom stereocenters. The fraction of sp³-hybridized carbons (Fsp3) is 0.310. The molecule has 0 spiro atoms. The number of fused-ring (bicyclic) bond motifs is 1. The Hall–Kier alpha value is -3.49. The first-order valence-electron chi connectivity index (χ1n) is 12.4. The third-order valence-corrected chi connectivity index (χ3v) is 6.89. The maximum Gasteiger partial charge on any atom is 0.416 e. The van der Waals surface area contributed by atoms with E-state index in [1.807, 2.05) is 34.9 Å². The number of piperazine rings is 1. The average Bonchev–Trinajstić information content (AvgIpc) is 3.26. The molecule has 37 heavy (non-hydrogen) atoms. The number of benzene rings is 3. The van der Waals surface area contributed by atoms with Crippen molar-refractivity contribution in [3.8, 4) is 5.69 Å². The highest BCUT2D eigenvalue weighted by Crippen LogP contribution is 2.30. The Bertz CT molecular complexity index is 1390. The maximum atomic E-state index is 13.1. The number of ketones is 1. The Kier molecular flexibility index (Phi) is 7.13. The van der Waals surface area contributed by atoms with Crippen LogP contribution in [-0.2, 0) is 19.1 Å². The van der Waals surface area contributed by atoms with Gasteiger partial charge >= 0.3 is 6.18 Å². The van der Waals surface area contributed by atoms with E-state index in [4.69, 9.17) is 4.98 Å². The molecule has 3 aromatic carbocycles. The number of nitrogens with zero attached hydrogens (tertiary/aromatic N) is 4. The van der Waals surface area contributed by atoms with Crippen molar-refractivity contribution in [3.05, 3.63) is 95.3 Å². The lowest BCUT2D eigenvalue weighted by Gasteiger charge is -2.32. The molecule has 2 heterocycles. The Labute approximate surface area is 214 Å². The number of para-hydroxylation sites is 1. The van der Waals surface area contributed by atoms with Crippen molar-refractivity contribution in [2.24, 2.45) is 0 Å². The highest BCUT2D eigenvalue weighted by Gasteiger charge is 2.31. The van der Waals surface area contributed by atoms with Crippen LogP contribution >= 0.6 is 0 Å². The molecule has 192 valence electrons. The van der Waals surface area contributed by atoms with Crippen LogP contribution in [0.1, 0.15) is 33.7 Å². The fourth-order valence-corrected chi connectivity index (χ4v) is 4.81. The molecule has 1 aliphatic heterocycles. The standard InChI is InChI=1S/C29H29F3N4O/c1-34-14-16-35(17-15-34)20-21-10-11-26-25(18-21)33-28(36(26)24-8-3-2-4-9-24)13-12-27(37)22-6-5-7-23(19-22)29(30,31)32/h2-11,18-19H,12-17,20H2,1H3. The summed E-state index contributed by atoms with van der Waals surface area (Å²) in [7, 11) is 2.14. The molecular formula is C29H29F3N4O. The predicted molar refractivity (Wildman–Crippen MR) is 138 cm³/mol. The first-order valence-corrected chi connectivity index (χ1v) is 12.4. The summed E-state index contributed by atoms with van der Waals surface area (Å²) < 4.78 is 41.4. The maximum absolute atomic E-state index is 13.1. The molecule has 1 saturated heterocycles. The van der Waals surface area contributed by atoms with Crippen LogP contribution in [0.5, 0.6) is 0 Å². The van der Waals surface area contributed by atoms with E-state index >= 15 is 0 Å². The van der Waals surface area contributed by atoms with Crippen molar-refractivity contribution in [1.82, 2.24) is 19.4 Å². The van der Waals surface area contributed by atoms with Crippen molar-refractivity contribution in [1.29, 1.82) is 0 Å². The lowest BCUT2D eigenvalue weighted by molar-refractivity contribution is -0.137. The summed E-state index contributed by atoms with van der Waals surface area (Å²) in [5.41, 5.74) is 3.14. The fourth-order valence-electron chi connectivity index (χ4n) is 4.81. The molecular weight excluding hydrogens is 477 g/mol. The van der Waals surface area contributed by atoms with Gasteiger partial charge in [-0.3, -0.25) is 14.3 Å². The smallest absolute Gasteiger partial charge is 0.304 e. The first-order chi connectivity index (χ1) is 17.8. The van der Waals surface area contributed by atoms with Gasteiger partial charge in [0.05, 0.1) is 16.6 Å². The minimum Gasteiger partial charge on any atom is -0.304 e. The summed E-state index contributed by atoms with van der Waals surface area (Å²) >= 11 is 0. The van der Waals surface area contributed by atoms with Crippen LogP contribution in [0.3, 0.4) is 0 Å². The summed E-state index contributed by atoms with van der Waals surface area (Å²) in [4.78, 5) is 22.5. The van der Waals surface area contributed by atoms with E-state index in [-0.39, 0.29) is 17.8 Å². The number of aromatic nitrogens is 2. The van der Waals surface area contributed by atoms with Crippen molar-refractivity contribution in [2.75, 3.05) is 33.2 Å². The van der Waals surface area contributed by atoms with Crippen LogP contribution in [0.4, 0.5) is 13.2 Å². The summed E-state index contributed by atoms with van der Waals surface area (Å²) in [5, 5.41) is 0. The molecule has 0 radical (unpaired) electrons. The minimum atomic E-state index is -4.49. The second-order valence-electron chi connectivity index (χ2n) is 9.60. The van der Waals surface area contributed by atoms with Crippen LogP contribution in [0.25, 0.3) is 16.7 Å². The number of halogens is 3. The molecule has 1 fully saturated rings. The number of imidazole rings is 1. The van der Waals surface area contributed by atoms with Gasteiger partial charge in [0.1, 0.15) is 5.82 Å². The van der Waals surface area contributed by atoms with Crippen molar-refractivity contribution >= 4 is 16.8 Å². The predicted octanol–water partition coefficient (Wildman–Crippen LogP) is 5.61. The van der Waals surface area contributed by atoms with Crippen LogP contribution in [-0.4, -0.2) is 58.4 Å². The third kappa shape index (κ3) is 5.76. The molecule has 0 aliphatic carbocycles. The van der Waals surface area contributed by atoms with E-state index in [0.29, 0.717) is 12.2 Å². The number of carbonyl (C=O) groups is 1. The summed E-state index contributed by atoms with van der Waals surface area (Å²) in [6, 6.07) is 20.7. The monoisotopic (exact) mass is 506 g/mol. The van der Waals surface area contributed by atoms with Gasteiger partial charge in [-0.15, -0.1) is 0 Å². The molecule has 0 amide bonds. The van der Waals surface area contributed by atoms with E-state index in [9.17, 15) is 18.0 Å². The molecule has 0 atom stereocenters. The Balaban J connectivity index is 1.41. The largest absolute Gasteiger partial charge is 0.416 e. The minimum absolute atomic E-state index is 0.0611. The Morgan fingerprint density at radius 2 is 1.68 bits per heavy atom. The van der Waals surface area contributed by atoms with Crippen LogP contribution in [0.15, 0.2) is 72.8 Å². The van der Waals surface area contributed by atoms with Gasteiger partial charge in [-0.2, -0.15) is 13.2 Å². The van der Waals surface area contributed by atoms with Gasteiger partial charge in [0.15, 0.2) is 5.78 Å². The van der Waals surface area contributed by atoms with Crippen LogP contribution in [0, 0.1) is 0 Å². The van der Waals surface area contributed by atoms with Crippen molar-refractivity contribution in [2.45, 2.75) is 25.6 Å². The number of aryl methyl sites for hydroxylation is 1. The van der Waals surface area contributed by atoms with Gasteiger partial charge < -0.3 is 4.90 Å². The zero-order valence-electron chi connectivity index (χ0n) is 20.7. The van der Waals surface area contributed by atoms with Crippen molar-refractivity contribution in [3.63, 3.8) is 0 Å². The van der Waals surface area contributed by atoms with Gasteiger partial charge in [0, 0.05) is 56.8 Å². The van der Waals surface area contributed by atoms with E-state index in [2.05, 4.69) is 35.0 Å². The second-order valence-corrected chi connectivity index (χ2v) is 9.60. The quantitative estimate of drug-likeness (QED) is 0.306. The van der Waals surface area contributed by atoms with E-state index < -0.39 is 11.7 Å². The third-order valence-electron chi connectivity index (χ3n) is 6.89. The van der Waals surface area contributed by atoms with Gasteiger partial charge in [0.25, 0.3) is 0 Å². The molecule has 1 aliphatic rings. The molecule has 8 heteroatoms. The molecule has 0 saturated carbocycles. The lowest BCUT2D eigenvalue weighted by atomic mass is 10.0. The number of rotatable bonds is 7. The van der Waals surface area contributed by atoms with Gasteiger partial charge in [0.2, 0.25) is 0 Å². The number of alkyl halides is 3. The highest BCUT2D eigenvalue weighted by atomic mass is 19.4. The van der Waals surface area contributed by atoms with E-state index in [1.165, 1.54) is 17.7 Å². The van der Waals surface area contributed by atoms with Crippen LogP contribution in [0.2, 0.25) is 0 Å². The molecule has 4 aromatic rings. The van der Waals surface area contributed by atoms with Crippen LogP contribution < -0.4 is 0 Å². The molecule has 5 nitrogen and oxygen atoms in total. The van der Waals surface area contributed by atoms with Gasteiger partial charge in [-0.05, 0) is 49.0 Å². The number of carbonyl (C=O) groups excluding carboxylic acids is 1. The molecule has 1 aromatic heterocycles. The summed E-state index contributed by atoms with van der Waals surface area (Å²) in [5.74, 6) is 0.367. The highest BCUT2D eigenvalue weighted by molar-refractivity contribution is 5.96. The zero-order valence-corrected chi connectivity index (χ0v) is 20.7. The molecule has 0 bridgehead atoms. The lowest BCUT2D eigenvalue weighted by Crippen LogP contribution is -2.43. The van der Waals surface area contributed by atoms with E-state index in [0.717, 1.165) is 61.6 Å². The normalized spacial score (nSPS) is 15.4. The van der Waals surface area contributed by atoms with E-state index in [1.54, 1.807) is 0 Å². The number of hydrogen-bond donors (Lipinski definition) is 0. The van der Waals surface area contributed by atoms with Gasteiger partial charge in [-0.1, -0.05) is 36.4 Å². The number of likely N-dealkylation sites (N-methyl/N-ethyl adjacent to an activating group) is 1. The zero-order chi connectivity index (χ0) is 26.0. The number of Topliss-reactive ketones (excluding diaryl/α,β-unsaturated/α-hetero) is 1. The molecule has 5 rings (SSSR count). The summed E-state index contributed by atoms with van der Waals surface area (Å²) in [6.45, 7) is 5.00. The Morgan fingerprint density at radius 1 is 0.919 bits per heavy atom. The van der Waals surface area contributed by atoms with Gasteiger partial charge in [-0.25, -0.2) is 4.98 Å². The first kappa shape index (κ1) is 25.2. The Morgan fingerprint density at radius 3 is 2.41 bits per heavy atom. The van der Waals surface area contributed by atoms with Crippen molar-refractivity contribution < 1.29 is 18.0 Å².